The summed E-state index contributed by atoms with van der Waals surface area (Å²) in [5, 5.41) is 3.63. The summed E-state index contributed by atoms with van der Waals surface area (Å²) in [6.07, 6.45) is 7.65. The fourth-order valence-electron chi connectivity index (χ4n) is 4.47. The van der Waals surface area contributed by atoms with Crippen LogP contribution >= 0.6 is 0 Å². The van der Waals surface area contributed by atoms with Crippen LogP contribution in [0.4, 0.5) is 0 Å². The van der Waals surface area contributed by atoms with Gasteiger partial charge in [0.25, 0.3) is 0 Å². The standard InChI is InChI=1S/C23H25N5O2/c1-15-9-24-6-5-22(15)28-11-17(26-14-28)10-27-8-7-25-21(12-27)18-3-4-19-20(16(18)2)13-30-23(19)29/h3-6,9,11,14,21,25H,7-8,10,12-13H2,1-2H3/t21-/m0/s1. The Morgan fingerprint density at radius 3 is 3.03 bits per heavy atom. The fraction of sp³-hybridized carbons (Fsp3) is 0.348. The molecule has 1 saturated heterocycles. The third-order valence-electron chi connectivity index (χ3n) is 6.13. The number of nitrogens with one attached hydrogen (secondary N) is 1. The third-order valence-corrected chi connectivity index (χ3v) is 6.13. The normalized spacial score (nSPS) is 19.0. The largest absolute Gasteiger partial charge is 0.457 e. The van der Waals surface area contributed by atoms with Gasteiger partial charge in [0.1, 0.15) is 6.61 Å². The average Bonchev–Trinajstić information content (AvgIpc) is 3.36. The summed E-state index contributed by atoms with van der Waals surface area (Å²) >= 11 is 0. The Morgan fingerprint density at radius 1 is 1.27 bits per heavy atom. The maximum Gasteiger partial charge on any atom is 0.338 e. The molecule has 0 spiro atoms. The van der Waals surface area contributed by atoms with Crippen molar-refractivity contribution in [3.8, 4) is 5.69 Å². The summed E-state index contributed by atoms with van der Waals surface area (Å²) in [5.41, 5.74) is 7.43. The minimum Gasteiger partial charge on any atom is -0.457 e. The lowest BCUT2D eigenvalue weighted by molar-refractivity contribution is 0.0535. The van der Waals surface area contributed by atoms with E-state index >= 15 is 0 Å². The molecule has 154 valence electrons. The van der Waals surface area contributed by atoms with Gasteiger partial charge in [0.15, 0.2) is 0 Å². The minimum atomic E-state index is -0.210. The number of fused-ring (bicyclic) bond motifs is 1. The molecular formula is C23H25N5O2. The SMILES string of the molecule is Cc1cnccc1-n1cnc(CN2CCN[C@H](c3ccc4c(c3C)COC4=O)C2)c1. The van der Waals surface area contributed by atoms with Gasteiger partial charge >= 0.3 is 5.97 Å². The molecule has 2 aliphatic rings. The van der Waals surface area contributed by atoms with Crippen molar-refractivity contribution in [1.82, 2.24) is 24.8 Å². The molecule has 5 rings (SSSR count). The molecule has 2 aromatic heterocycles. The number of aromatic nitrogens is 3. The lowest BCUT2D eigenvalue weighted by Gasteiger charge is -2.34. The van der Waals surface area contributed by atoms with Gasteiger partial charge in [-0.25, -0.2) is 9.78 Å². The zero-order chi connectivity index (χ0) is 20.7. The Kier molecular flexibility index (Phi) is 4.84. The highest BCUT2D eigenvalue weighted by atomic mass is 16.5. The predicted molar refractivity (Wildman–Crippen MR) is 112 cm³/mol. The summed E-state index contributed by atoms with van der Waals surface area (Å²) < 4.78 is 7.27. The molecule has 4 heterocycles. The Morgan fingerprint density at radius 2 is 2.17 bits per heavy atom. The van der Waals surface area contributed by atoms with Crippen molar-refractivity contribution in [2.75, 3.05) is 19.6 Å². The molecule has 0 amide bonds. The van der Waals surface area contributed by atoms with E-state index in [1.807, 2.05) is 24.7 Å². The second kappa shape index (κ2) is 7.66. The number of piperazine rings is 1. The van der Waals surface area contributed by atoms with Crippen molar-refractivity contribution in [3.63, 3.8) is 0 Å². The van der Waals surface area contributed by atoms with Crippen molar-refractivity contribution in [1.29, 1.82) is 0 Å². The van der Waals surface area contributed by atoms with E-state index < -0.39 is 0 Å². The lowest BCUT2D eigenvalue weighted by atomic mass is 9.93. The Hall–Kier alpha value is -3.03. The van der Waals surface area contributed by atoms with E-state index in [0.29, 0.717) is 12.2 Å². The van der Waals surface area contributed by atoms with Gasteiger partial charge in [0.05, 0.1) is 23.3 Å². The Bertz CT molecular complexity index is 1110. The van der Waals surface area contributed by atoms with Gasteiger partial charge in [-0.15, -0.1) is 0 Å². The number of ether oxygens (including phenoxy) is 1. The highest BCUT2D eigenvalue weighted by Crippen LogP contribution is 2.30. The van der Waals surface area contributed by atoms with Crippen molar-refractivity contribution < 1.29 is 9.53 Å². The van der Waals surface area contributed by atoms with E-state index in [4.69, 9.17) is 4.74 Å². The van der Waals surface area contributed by atoms with E-state index in [0.717, 1.165) is 54.3 Å². The molecule has 0 saturated carbocycles. The second-order valence-electron chi connectivity index (χ2n) is 8.06. The Labute approximate surface area is 175 Å². The number of aryl methyl sites for hydroxylation is 1. The highest BCUT2D eigenvalue weighted by Gasteiger charge is 2.28. The number of benzene rings is 1. The van der Waals surface area contributed by atoms with E-state index in [-0.39, 0.29) is 12.0 Å². The fourth-order valence-corrected chi connectivity index (χ4v) is 4.47. The van der Waals surface area contributed by atoms with Crippen molar-refractivity contribution in [2.24, 2.45) is 0 Å². The van der Waals surface area contributed by atoms with Gasteiger partial charge in [-0.05, 0) is 42.7 Å². The molecular weight excluding hydrogens is 378 g/mol. The van der Waals surface area contributed by atoms with Crippen LogP contribution in [0.3, 0.4) is 0 Å². The molecule has 0 radical (unpaired) electrons. The molecule has 1 aromatic carbocycles. The summed E-state index contributed by atoms with van der Waals surface area (Å²) in [7, 11) is 0. The molecule has 7 nitrogen and oxygen atoms in total. The summed E-state index contributed by atoms with van der Waals surface area (Å²) in [5.74, 6) is -0.210. The van der Waals surface area contributed by atoms with Crippen molar-refractivity contribution >= 4 is 5.97 Å². The molecule has 0 aliphatic carbocycles. The zero-order valence-corrected chi connectivity index (χ0v) is 17.3. The molecule has 1 fully saturated rings. The van der Waals surface area contributed by atoms with E-state index in [9.17, 15) is 4.79 Å². The Balaban J connectivity index is 1.31. The minimum absolute atomic E-state index is 0.210. The number of esters is 1. The highest BCUT2D eigenvalue weighted by molar-refractivity contribution is 5.94. The van der Waals surface area contributed by atoms with Gasteiger partial charge in [-0.2, -0.15) is 0 Å². The van der Waals surface area contributed by atoms with E-state index in [2.05, 4.69) is 50.9 Å². The van der Waals surface area contributed by atoms with Gasteiger partial charge in [-0.3, -0.25) is 9.88 Å². The number of cyclic esters (lactones) is 1. The quantitative estimate of drug-likeness (QED) is 0.676. The van der Waals surface area contributed by atoms with E-state index in [1.54, 1.807) is 6.20 Å². The molecule has 7 heteroatoms. The van der Waals surface area contributed by atoms with Crippen LogP contribution < -0.4 is 5.32 Å². The number of imidazole rings is 1. The van der Waals surface area contributed by atoms with Crippen LogP contribution in [0.25, 0.3) is 5.69 Å². The summed E-state index contributed by atoms with van der Waals surface area (Å²) in [4.78, 5) is 23.1. The zero-order valence-electron chi connectivity index (χ0n) is 17.3. The molecule has 0 bridgehead atoms. The first-order chi connectivity index (χ1) is 14.6. The number of carbonyl (C=O) groups is 1. The number of pyridine rings is 1. The molecule has 2 aliphatic heterocycles. The molecule has 3 aromatic rings. The summed E-state index contributed by atoms with van der Waals surface area (Å²) in [6, 6.07) is 6.21. The number of carbonyl (C=O) groups excluding carboxylic acids is 1. The maximum atomic E-state index is 11.8. The second-order valence-corrected chi connectivity index (χ2v) is 8.06. The summed E-state index contributed by atoms with van der Waals surface area (Å²) in [6.45, 7) is 8.13. The van der Waals surface area contributed by atoms with Crippen LogP contribution in [0.15, 0.2) is 43.1 Å². The number of hydrogen-bond acceptors (Lipinski definition) is 6. The molecule has 1 atom stereocenters. The van der Waals surface area contributed by atoms with Gasteiger partial charge < -0.3 is 14.6 Å². The molecule has 1 N–H and O–H groups in total. The van der Waals surface area contributed by atoms with Crippen LogP contribution in [0.1, 0.15) is 44.3 Å². The first-order valence-corrected chi connectivity index (χ1v) is 10.3. The predicted octanol–water partition coefficient (Wildman–Crippen LogP) is 2.70. The van der Waals surface area contributed by atoms with E-state index in [1.165, 1.54) is 5.56 Å². The van der Waals surface area contributed by atoms with Crippen molar-refractivity contribution in [3.05, 3.63) is 76.6 Å². The topological polar surface area (TPSA) is 72.3 Å². The number of rotatable bonds is 4. The van der Waals surface area contributed by atoms with Gasteiger partial charge in [-0.1, -0.05) is 6.07 Å². The van der Waals surface area contributed by atoms with Crippen LogP contribution in [0.2, 0.25) is 0 Å². The maximum absolute atomic E-state index is 11.8. The van der Waals surface area contributed by atoms with Crippen LogP contribution in [-0.4, -0.2) is 45.0 Å². The molecule has 0 unspecified atom stereocenters. The third kappa shape index (κ3) is 3.40. The monoisotopic (exact) mass is 403 g/mol. The van der Waals surface area contributed by atoms with Crippen molar-refractivity contribution in [2.45, 2.75) is 33.0 Å². The first kappa shape index (κ1) is 19.0. The van der Waals surface area contributed by atoms with Gasteiger partial charge in [0, 0.05) is 56.4 Å². The van der Waals surface area contributed by atoms with Crippen LogP contribution in [0.5, 0.6) is 0 Å². The molecule has 30 heavy (non-hydrogen) atoms. The smallest absolute Gasteiger partial charge is 0.338 e. The van der Waals surface area contributed by atoms with Gasteiger partial charge in [0.2, 0.25) is 0 Å². The average molecular weight is 403 g/mol. The lowest BCUT2D eigenvalue weighted by Crippen LogP contribution is -2.45. The van der Waals surface area contributed by atoms with Crippen LogP contribution in [-0.2, 0) is 17.9 Å². The van der Waals surface area contributed by atoms with Crippen LogP contribution in [0, 0.1) is 13.8 Å². The number of hydrogen-bond donors (Lipinski definition) is 1. The first-order valence-electron chi connectivity index (χ1n) is 10.3. The number of nitrogens with zero attached hydrogens (tertiary/aromatic N) is 4.